The Hall–Kier alpha value is -3.80. The summed E-state index contributed by atoms with van der Waals surface area (Å²) >= 11 is 3.63. The van der Waals surface area contributed by atoms with E-state index in [1.807, 2.05) is 93.6 Å². The molecule has 10 nitrogen and oxygen atoms in total. The third-order valence-corrected chi connectivity index (χ3v) is 11.3. The fraction of sp³-hybridized carbons (Fsp3) is 0.487. The van der Waals surface area contributed by atoms with Gasteiger partial charge in [-0.1, -0.05) is 103 Å². The summed E-state index contributed by atoms with van der Waals surface area (Å²) in [7, 11) is 1.70. The molecule has 2 aromatic carbocycles. The van der Waals surface area contributed by atoms with Gasteiger partial charge in [0.05, 0.1) is 24.6 Å². The summed E-state index contributed by atoms with van der Waals surface area (Å²) in [6, 6.07) is 16.5. The second-order valence-electron chi connectivity index (χ2n) is 14.3. The smallest absolute Gasteiger partial charge is 0.313 e. The molecule has 0 saturated carbocycles. The van der Waals surface area contributed by atoms with Crippen molar-refractivity contribution in [3.05, 3.63) is 94.5 Å². The molecule has 8 atom stereocenters. The first-order chi connectivity index (χ1) is 24.0. The highest BCUT2D eigenvalue weighted by Crippen LogP contribution is 2.59. The third kappa shape index (κ3) is 6.55. The maximum Gasteiger partial charge on any atom is 0.313 e. The van der Waals surface area contributed by atoms with E-state index in [2.05, 4.69) is 15.9 Å². The molecule has 0 radical (unpaired) electrons. The van der Waals surface area contributed by atoms with Crippen LogP contribution in [0.25, 0.3) is 0 Å². The predicted molar refractivity (Wildman–Crippen MR) is 190 cm³/mol. The highest BCUT2D eigenvalue weighted by atomic mass is 79.9. The molecule has 2 aromatic rings. The van der Waals surface area contributed by atoms with Crippen LogP contribution in [0.3, 0.4) is 0 Å². The zero-order chi connectivity index (χ0) is 35.7. The summed E-state index contributed by atoms with van der Waals surface area (Å²) < 4.78 is 13.6. The quantitative estimate of drug-likeness (QED) is 0.320. The van der Waals surface area contributed by atoms with E-state index in [1.54, 1.807) is 22.9 Å². The number of halogens is 1. The van der Waals surface area contributed by atoms with Crippen molar-refractivity contribution in [2.75, 3.05) is 20.2 Å². The minimum absolute atomic E-state index is 0.107. The number of esters is 1. The highest BCUT2D eigenvalue weighted by Gasteiger charge is 2.75. The van der Waals surface area contributed by atoms with Gasteiger partial charge in [0.15, 0.2) is 0 Å². The van der Waals surface area contributed by atoms with E-state index in [4.69, 9.17) is 9.47 Å². The number of hydrogen-bond acceptors (Lipinski definition) is 7. The normalized spacial score (nSPS) is 31.6. The van der Waals surface area contributed by atoms with Gasteiger partial charge < -0.3 is 29.3 Å². The zero-order valence-electron chi connectivity index (χ0n) is 29.0. The van der Waals surface area contributed by atoms with E-state index in [1.165, 1.54) is 4.90 Å². The van der Waals surface area contributed by atoms with E-state index in [0.717, 1.165) is 5.56 Å². The van der Waals surface area contributed by atoms with Crippen LogP contribution >= 0.6 is 15.9 Å². The van der Waals surface area contributed by atoms with E-state index in [0.29, 0.717) is 22.9 Å². The number of carbonyl (C=O) groups is 4. The van der Waals surface area contributed by atoms with Gasteiger partial charge in [0.25, 0.3) is 0 Å². The molecule has 1 spiro atoms. The number of benzene rings is 2. The van der Waals surface area contributed by atoms with Gasteiger partial charge in [-0.2, -0.15) is 0 Å². The number of cyclic esters (lactones) is 1. The molecule has 0 aromatic heterocycles. The van der Waals surface area contributed by atoms with Gasteiger partial charge in [0.2, 0.25) is 17.7 Å². The molecule has 1 N–H and O–H groups in total. The van der Waals surface area contributed by atoms with Gasteiger partial charge in [-0.25, -0.2) is 0 Å². The molecular formula is C39H46BrN3O7. The van der Waals surface area contributed by atoms with Gasteiger partial charge in [-0.05, 0) is 42.9 Å². The molecule has 11 heteroatoms. The number of nitrogens with zero attached hydrogens (tertiary/aromatic N) is 3. The molecule has 0 aliphatic carbocycles. The van der Waals surface area contributed by atoms with Gasteiger partial charge in [0.1, 0.15) is 29.8 Å². The number of hydrogen-bond donors (Lipinski definition) is 1. The van der Waals surface area contributed by atoms with Crippen molar-refractivity contribution in [2.24, 2.45) is 17.8 Å². The Morgan fingerprint density at radius 1 is 0.960 bits per heavy atom. The molecular weight excluding hydrogens is 702 g/mol. The van der Waals surface area contributed by atoms with Crippen LogP contribution in [0.5, 0.6) is 0 Å². The first-order valence-corrected chi connectivity index (χ1v) is 18.3. The van der Waals surface area contributed by atoms with Crippen LogP contribution in [-0.2, 0) is 35.2 Å². The fourth-order valence-electron chi connectivity index (χ4n) is 8.05. The Morgan fingerprint density at radius 3 is 2.30 bits per heavy atom. The topological polar surface area (TPSA) is 117 Å². The fourth-order valence-corrected chi connectivity index (χ4v) is 8.79. The van der Waals surface area contributed by atoms with Crippen LogP contribution in [0, 0.1) is 17.8 Å². The van der Waals surface area contributed by atoms with Crippen molar-refractivity contribution in [3.8, 4) is 0 Å². The van der Waals surface area contributed by atoms with Gasteiger partial charge in [0, 0.05) is 31.0 Å². The molecule has 6 rings (SSSR count). The SMILES string of the molecule is CC(C)C[C@H](CO)N1C(=O)[C@@H]2[C@H]3C(=O)O[C@@H](c4ccccc4)[C@H](C)N(C)C(=O)CC/C=C\CN(Cc4ccccc4)C(=O)[C@@H]1[C@]21C=C(Br)[C@H]3O1. The number of amides is 3. The Labute approximate surface area is 302 Å². The third-order valence-electron chi connectivity index (χ3n) is 10.6. The van der Waals surface area contributed by atoms with Crippen molar-refractivity contribution in [1.29, 1.82) is 0 Å². The zero-order valence-corrected chi connectivity index (χ0v) is 30.6. The van der Waals surface area contributed by atoms with E-state index in [-0.39, 0.29) is 43.8 Å². The number of carbonyl (C=O) groups excluding carboxylic acids is 4. The predicted octanol–water partition coefficient (Wildman–Crippen LogP) is 4.78. The first kappa shape index (κ1) is 36.0. The number of rotatable bonds is 7. The Morgan fingerprint density at radius 2 is 1.64 bits per heavy atom. The van der Waals surface area contributed by atoms with Crippen LogP contribution in [0.1, 0.15) is 57.3 Å². The van der Waals surface area contributed by atoms with Crippen LogP contribution < -0.4 is 0 Å². The van der Waals surface area contributed by atoms with Crippen molar-refractivity contribution in [2.45, 2.75) is 82.5 Å². The summed E-state index contributed by atoms with van der Waals surface area (Å²) in [4.78, 5) is 62.6. The molecule has 50 heavy (non-hydrogen) atoms. The standard InChI is InChI=1S/C39H46BrN3O7/c1-24(2)20-28(23-44)43-35-37(47)42(22-26-14-8-5-9-15-26)19-13-7-12-18-30(45)41(4)25(3)33(27-16-10-6-11-17-27)49-38(48)31-32(36(43)46)39(35)21-29(40)34(31)50-39/h5-11,13-17,21,24-25,28,31-35,44H,12,18-20,22-23H2,1-4H3/b13-7-/t25-,28+,31+,32-,33+,34+,35+,39-/m0/s1. The van der Waals surface area contributed by atoms with Gasteiger partial charge in [-0.15, -0.1) is 0 Å². The van der Waals surface area contributed by atoms with E-state index >= 15 is 4.79 Å². The first-order valence-electron chi connectivity index (χ1n) is 17.5. The Balaban J connectivity index is 1.49. The maximum atomic E-state index is 15.1. The Kier molecular flexibility index (Phi) is 10.7. The number of aliphatic hydroxyl groups excluding tert-OH is 1. The number of aliphatic hydroxyl groups is 1. The lowest BCUT2D eigenvalue weighted by Gasteiger charge is -2.39. The number of likely N-dealkylation sites (tertiary alicyclic amines) is 1. The number of likely N-dealkylation sites (N-methyl/N-ethyl adjacent to an activating group) is 1. The lowest BCUT2D eigenvalue weighted by Crippen LogP contribution is -2.58. The van der Waals surface area contributed by atoms with Crippen molar-refractivity contribution < 1.29 is 33.8 Å². The summed E-state index contributed by atoms with van der Waals surface area (Å²) in [5, 5.41) is 10.7. The number of fused-ring (bicyclic) bond motifs is 2. The highest BCUT2D eigenvalue weighted by molar-refractivity contribution is 9.11. The average molecular weight is 749 g/mol. The molecule has 3 amide bonds. The van der Waals surface area contributed by atoms with Crippen molar-refractivity contribution in [1.82, 2.24) is 14.7 Å². The molecule has 0 unspecified atom stereocenters. The van der Waals surface area contributed by atoms with Gasteiger partial charge in [-0.3, -0.25) is 19.2 Å². The summed E-state index contributed by atoms with van der Waals surface area (Å²) in [5.41, 5.74) is 0.137. The number of ether oxygens (including phenoxy) is 2. The number of allylic oxidation sites excluding steroid dienone is 1. The van der Waals surface area contributed by atoms with Crippen LogP contribution in [0.15, 0.2) is 83.4 Å². The van der Waals surface area contributed by atoms with Gasteiger partial charge >= 0.3 is 5.97 Å². The largest absolute Gasteiger partial charge is 0.455 e. The minimum atomic E-state index is -1.47. The van der Waals surface area contributed by atoms with Crippen LogP contribution in [-0.4, -0.2) is 93.5 Å². The molecule has 2 saturated heterocycles. The summed E-state index contributed by atoms with van der Waals surface area (Å²) in [6.07, 6.45) is 5.01. The van der Waals surface area contributed by atoms with Crippen molar-refractivity contribution in [3.63, 3.8) is 0 Å². The molecule has 4 aliphatic heterocycles. The molecule has 4 heterocycles. The molecule has 4 aliphatic rings. The minimum Gasteiger partial charge on any atom is -0.455 e. The lowest BCUT2D eigenvalue weighted by molar-refractivity contribution is -0.164. The second kappa shape index (κ2) is 14.8. The molecule has 266 valence electrons. The maximum absolute atomic E-state index is 15.1. The van der Waals surface area contributed by atoms with E-state index in [9.17, 15) is 19.5 Å². The average Bonchev–Trinajstić information content (AvgIpc) is 3.71. The summed E-state index contributed by atoms with van der Waals surface area (Å²) in [5.74, 6) is -3.55. The molecule has 2 fully saturated rings. The Bertz CT molecular complexity index is 1650. The second-order valence-corrected chi connectivity index (χ2v) is 15.2. The summed E-state index contributed by atoms with van der Waals surface area (Å²) in [6.45, 7) is 5.97. The lowest BCUT2D eigenvalue weighted by atomic mass is 9.74. The van der Waals surface area contributed by atoms with Crippen LogP contribution in [0.2, 0.25) is 0 Å². The van der Waals surface area contributed by atoms with E-state index < -0.39 is 59.6 Å². The molecule has 5 bridgehead atoms. The van der Waals surface area contributed by atoms with Crippen molar-refractivity contribution >= 4 is 39.6 Å². The monoisotopic (exact) mass is 747 g/mol. The van der Waals surface area contributed by atoms with Crippen LogP contribution in [0.4, 0.5) is 0 Å².